The summed E-state index contributed by atoms with van der Waals surface area (Å²) in [6.07, 6.45) is 0.302. The van der Waals surface area contributed by atoms with Crippen molar-refractivity contribution in [2.45, 2.75) is 20.3 Å². The molecule has 3 heterocycles. The lowest BCUT2D eigenvalue weighted by molar-refractivity contribution is -0.196. The van der Waals surface area contributed by atoms with Gasteiger partial charge in [-0.15, -0.1) is 0 Å². The number of carbonyl (C=O) groups is 3. The lowest BCUT2D eigenvalue weighted by atomic mass is 9.47. The summed E-state index contributed by atoms with van der Waals surface area (Å²) in [4.78, 5) is 39.2. The van der Waals surface area contributed by atoms with Crippen LogP contribution in [0.15, 0.2) is 0 Å². The van der Waals surface area contributed by atoms with Gasteiger partial charge in [0.05, 0.1) is 12.5 Å². The van der Waals surface area contributed by atoms with Crippen LogP contribution in [0.5, 0.6) is 0 Å². The molecule has 0 N–H and O–H groups in total. The van der Waals surface area contributed by atoms with Crippen LogP contribution in [0.3, 0.4) is 0 Å². The van der Waals surface area contributed by atoms with E-state index in [0.29, 0.717) is 26.1 Å². The van der Waals surface area contributed by atoms with Crippen LogP contribution in [-0.2, 0) is 19.1 Å². The molecule has 4 atom stereocenters. The van der Waals surface area contributed by atoms with Crippen molar-refractivity contribution >= 4 is 17.5 Å². The molecule has 4 bridgehead atoms. The first-order chi connectivity index (χ1) is 8.28. The maximum absolute atomic E-state index is 12.6. The zero-order chi connectivity index (χ0) is 13.3. The maximum Gasteiger partial charge on any atom is 0.320 e. The van der Waals surface area contributed by atoms with Crippen LogP contribution in [0.25, 0.3) is 0 Å². The van der Waals surface area contributed by atoms with E-state index in [9.17, 15) is 14.4 Å². The molecular formula is C13H17NO4. The molecule has 18 heavy (non-hydrogen) atoms. The van der Waals surface area contributed by atoms with Gasteiger partial charge in [-0.25, -0.2) is 0 Å². The molecule has 5 nitrogen and oxygen atoms in total. The van der Waals surface area contributed by atoms with Gasteiger partial charge in [-0.2, -0.15) is 0 Å². The predicted molar refractivity (Wildman–Crippen MR) is 61.7 cm³/mol. The Balaban J connectivity index is 2.18. The Morgan fingerprint density at radius 1 is 1.17 bits per heavy atom. The fourth-order valence-electron chi connectivity index (χ4n) is 4.44. The van der Waals surface area contributed by atoms with Crippen molar-refractivity contribution in [3.63, 3.8) is 0 Å². The maximum atomic E-state index is 12.6. The van der Waals surface area contributed by atoms with Gasteiger partial charge in [-0.1, -0.05) is 6.92 Å². The minimum atomic E-state index is -1.12. The third kappa shape index (κ3) is 1.04. The number of Topliss-reactive ketones (excluding diaryl/α,β-unsaturated/α-hetero) is 2. The van der Waals surface area contributed by atoms with Gasteiger partial charge in [-0.05, 0) is 13.3 Å². The quantitative estimate of drug-likeness (QED) is 0.486. The highest BCUT2D eigenvalue weighted by atomic mass is 16.5. The molecule has 1 unspecified atom stereocenters. The standard InChI is InChI=1S/C13H17NO4/c1-11-4-13(10(17)18-3)7-14(5-11)6-12(2,8(11)15)9(13)16/h4-7H2,1-3H3/t11-,12+,13-/m1/s1. The Morgan fingerprint density at radius 3 is 2.44 bits per heavy atom. The Kier molecular flexibility index (Phi) is 1.98. The second-order valence-corrected chi connectivity index (χ2v) is 6.45. The largest absolute Gasteiger partial charge is 0.468 e. The van der Waals surface area contributed by atoms with Gasteiger partial charge in [-0.3, -0.25) is 19.3 Å². The topological polar surface area (TPSA) is 63.7 Å². The van der Waals surface area contributed by atoms with Gasteiger partial charge >= 0.3 is 5.97 Å². The first-order valence-corrected chi connectivity index (χ1v) is 6.19. The van der Waals surface area contributed by atoms with Gasteiger partial charge < -0.3 is 4.74 Å². The third-order valence-electron chi connectivity index (χ3n) is 4.86. The number of ether oxygens (including phenoxy) is 1. The van der Waals surface area contributed by atoms with E-state index >= 15 is 0 Å². The van der Waals surface area contributed by atoms with Gasteiger partial charge in [0.1, 0.15) is 5.41 Å². The second kappa shape index (κ2) is 3.02. The molecule has 5 heteroatoms. The SMILES string of the molecule is COC(=O)[C@@]12CN3C[C@@](C)(C1)C(=O)[C@](C)(C3)C2=O. The van der Waals surface area contributed by atoms with Gasteiger partial charge in [0, 0.05) is 25.0 Å². The van der Waals surface area contributed by atoms with Crippen molar-refractivity contribution in [2.24, 2.45) is 16.2 Å². The molecule has 4 aliphatic rings. The Bertz CT molecular complexity index is 487. The summed E-state index contributed by atoms with van der Waals surface area (Å²) in [7, 11) is 1.30. The molecule has 0 aromatic heterocycles. The van der Waals surface area contributed by atoms with Crippen LogP contribution in [0.2, 0.25) is 0 Å². The molecule has 4 fully saturated rings. The summed E-state index contributed by atoms with van der Waals surface area (Å²) in [5, 5.41) is 0. The number of hydrogen-bond donors (Lipinski definition) is 0. The van der Waals surface area contributed by atoms with Crippen LogP contribution in [0, 0.1) is 16.2 Å². The fraction of sp³-hybridized carbons (Fsp3) is 0.769. The number of piperidine rings is 3. The van der Waals surface area contributed by atoms with E-state index in [1.165, 1.54) is 7.11 Å². The smallest absolute Gasteiger partial charge is 0.320 e. The van der Waals surface area contributed by atoms with E-state index in [0.717, 1.165) is 0 Å². The van der Waals surface area contributed by atoms with E-state index in [1.807, 2.05) is 6.92 Å². The molecule has 4 rings (SSSR count). The Labute approximate surface area is 105 Å². The number of methoxy groups -OCH3 is 1. The Hall–Kier alpha value is -1.23. The minimum Gasteiger partial charge on any atom is -0.468 e. The number of nitrogens with zero attached hydrogens (tertiary/aromatic N) is 1. The highest BCUT2D eigenvalue weighted by molar-refractivity contribution is 6.21. The van der Waals surface area contributed by atoms with Gasteiger partial charge in [0.15, 0.2) is 11.6 Å². The van der Waals surface area contributed by atoms with Crippen molar-refractivity contribution in [2.75, 3.05) is 26.7 Å². The van der Waals surface area contributed by atoms with Crippen LogP contribution in [0.1, 0.15) is 20.3 Å². The van der Waals surface area contributed by atoms with Gasteiger partial charge in [0.2, 0.25) is 0 Å². The molecule has 0 amide bonds. The van der Waals surface area contributed by atoms with Crippen molar-refractivity contribution in [3.8, 4) is 0 Å². The summed E-state index contributed by atoms with van der Waals surface area (Å²) in [5.74, 6) is -0.724. The summed E-state index contributed by atoms with van der Waals surface area (Å²) in [6.45, 7) is 5.03. The van der Waals surface area contributed by atoms with E-state index < -0.39 is 22.2 Å². The third-order valence-corrected chi connectivity index (χ3v) is 4.86. The summed E-state index contributed by atoms with van der Waals surface area (Å²) in [6, 6.07) is 0. The summed E-state index contributed by atoms with van der Waals surface area (Å²) >= 11 is 0. The van der Waals surface area contributed by atoms with Crippen molar-refractivity contribution < 1.29 is 19.1 Å². The zero-order valence-corrected chi connectivity index (χ0v) is 10.9. The lowest BCUT2D eigenvalue weighted by Crippen LogP contribution is -2.77. The Morgan fingerprint density at radius 2 is 1.83 bits per heavy atom. The van der Waals surface area contributed by atoms with Crippen molar-refractivity contribution in [3.05, 3.63) is 0 Å². The number of rotatable bonds is 1. The average Bonchev–Trinajstić information content (AvgIpc) is 2.31. The molecule has 3 saturated heterocycles. The van der Waals surface area contributed by atoms with Gasteiger partial charge in [0.25, 0.3) is 0 Å². The molecule has 98 valence electrons. The average molecular weight is 251 g/mol. The second-order valence-electron chi connectivity index (χ2n) is 6.45. The molecule has 0 radical (unpaired) electrons. The molecule has 3 aliphatic heterocycles. The fourth-order valence-corrected chi connectivity index (χ4v) is 4.44. The highest BCUT2D eigenvalue weighted by Crippen LogP contribution is 2.57. The molecule has 1 aliphatic carbocycles. The first kappa shape index (κ1) is 11.8. The van der Waals surface area contributed by atoms with Crippen LogP contribution < -0.4 is 0 Å². The zero-order valence-electron chi connectivity index (χ0n) is 10.9. The predicted octanol–water partition coefficient (Wildman–Crippen LogP) is 0.0295. The van der Waals surface area contributed by atoms with E-state index in [1.54, 1.807) is 6.92 Å². The normalized spacial score (nSPS) is 49.6. The molecule has 0 aromatic carbocycles. The number of esters is 1. The monoisotopic (exact) mass is 251 g/mol. The number of ketones is 2. The molecule has 1 saturated carbocycles. The van der Waals surface area contributed by atoms with E-state index in [4.69, 9.17) is 4.74 Å². The molecular weight excluding hydrogens is 234 g/mol. The summed E-state index contributed by atoms with van der Waals surface area (Å²) < 4.78 is 4.83. The van der Waals surface area contributed by atoms with Crippen LogP contribution in [0.4, 0.5) is 0 Å². The van der Waals surface area contributed by atoms with E-state index in [-0.39, 0.29) is 11.6 Å². The first-order valence-electron chi connectivity index (χ1n) is 6.19. The highest BCUT2D eigenvalue weighted by Gasteiger charge is 2.72. The molecule has 0 aromatic rings. The van der Waals surface area contributed by atoms with Crippen LogP contribution >= 0.6 is 0 Å². The minimum absolute atomic E-state index is 0.00419. The van der Waals surface area contributed by atoms with Crippen molar-refractivity contribution in [1.29, 1.82) is 0 Å². The van der Waals surface area contributed by atoms with Crippen LogP contribution in [-0.4, -0.2) is 49.2 Å². The number of carbonyl (C=O) groups excluding carboxylic acids is 3. The summed E-state index contributed by atoms with van der Waals surface area (Å²) in [5.41, 5.74) is -2.74. The molecule has 0 spiro atoms. The van der Waals surface area contributed by atoms with E-state index in [2.05, 4.69) is 4.90 Å². The van der Waals surface area contributed by atoms with Crippen molar-refractivity contribution in [1.82, 2.24) is 4.90 Å². The lowest BCUT2D eigenvalue weighted by Gasteiger charge is -2.62. The number of hydrogen-bond acceptors (Lipinski definition) is 5.